The molecule has 0 aromatic heterocycles. The highest BCUT2D eigenvalue weighted by Gasteiger charge is 2.12. The van der Waals surface area contributed by atoms with Gasteiger partial charge in [-0.25, -0.2) is 0 Å². The molecule has 1 atom stereocenters. The minimum absolute atomic E-state index is 0.285. The summed E-state index contributed by atoms with van der Waals surface area (Å²) in [6.07, 6.45) is 1.14. The molecule has 4 heteroatoms. The van der Waals surface area contributed by atoms with Gasteiger partial charge in [0.15, 0.2) is 0 Å². The molecule has 0 saturated carbocycles. The lowest BCUT2D eigenvalue weighted by atomic mass is 10.2. The SMILES string of the molecule is CCCC(=O)OC(Cl)c1ccc(Cl)cc1. The Labute approximate surface area is 99.1 Å². The van der Waals surface area contributed by atoms with Crippen LogP contribution in [0.3, 0.4) is 0 Å². The van der Waals surface area contributed by atoms with Crippen LogP contribution >= 0.6 is 23.2 Å². The van der Waals surface area contributed by atoms with Gasteiger partial charge in [0.1, 0.15) is 0 Å². The first-order valence-electron chi connectivity index (χ1n) is 4.72. The molecular weight excluding hydrogens is 235 g/mol. The smallest absolute Gasteiger partial charge is 0.307 e. The predicted molar refractivity (Wildman–Crippen MR) is 61.0 cm³/mol. The first kappa shape index (κ1) is 12.3. The second kappa shape index (κ2) is 5.99. The molecule has 0 fully saturated rings. The van der Waals surface area contributed by atoms with Crippen molar-refractivity contribution in [2.75, 3.05) is 0 Å². The zero-order chi connectivity index (χ0) is 11.3. The molecule has 1 aromatic carbocycles. The summed E-state index contributed by atoms with van der Waals surface area (Å²) in [6, 6.07) is 6.89. The van der Waals surface area contributed by atoms with Crippen LogP contribution in [0.15, 0.2) is 24.3 Å². The van der Waals surface area contributed by atoms with Crippen molar-refractivity contribution in [3.63, 3.8) is 0 Å². The molecule has 82 valence electrons. The molecule has 0 bridgehead atoms. The summed E-state index contributed by atoms with van der Waals surface area (Å²) in [5.74, 6) is -0.285. The van der Waals surface area contributed by atoms with Crippen LogP contribution in [0.1, 0.15) is 30.9 Å². The van der Waals surface area contributed by atoms with E-state index < -0.39 is 5.56 Å². The lowest BCUT2D eigenvalue weighted by molar-refractivity contribution is -0.145. The van der Waals surface area contributed by atoms with Crippen molar-refractivity contribution >= 4 is 29.2 Å². The summed E-state index contributed by atoms with van der Waals surface area (Å²) in [7, 11) is 0. The molecule has 0 amide bonds. The van der Waals surface area contributed by atoms with Gasteiger partial charge < -0.3 is 4.74 Å². The topological polar surface area (TPSA) is 26.3 Å². The fraction of sp³-hybridized carbons (Fsp3) is 0.364. The number of ether oxygens (including phenoxy) is 1. The zero-order valence-electron chi connectivity index (χ0n) is 8.37. The molecule has 0 N–H and O–H groups in total. The largest absolute Gasteiger partial charge is 0.441 e. The molecule has 1 unspecified atom stereocenters. The Morgan fingerprint density at radius 1 is 1.40 bits per heavy atom. The Hall–Kier alpha value is -0.730. The second-order valence-corrected chi connectivity index (χ2v) is 3.94. The fourth-order valence-corrected chi connectivity index (χ4v) is 1.43. The van der Waals surface area contributed by atoms with E-state index in [0.717, 1.165) is 12.0 Å². The third-order valence-electron chi connectivity index (χ3n) is 1.82. The number of esters is 1. The first-order chi connectivity index (χ1) is 7.13. The van der Waals surface area contributed by atoms with Crippen molar-refractivity contribution in [3.8, 4) is 0 Å². The minimum Gasteiger partial charge on any atom is -0.441 e. The van der Waals surface area contributed by atoms with Gasteiger partial charge in [-0.3, -0.25) is 4.79 Å². The Morgan fingerprint density at radius 2 is 2.00 bits per heavy atom. The Kier molecular flexibility index (Phi) is 4.92. The van der Waals surface area contributed by atoms with Gasteiger partial charge in [-0.2, -0.15) is 0 Å². The van der Waals surface area contributed by atoms with Crippen molar-refractivity contribution in [1.82, 2.24) is 0 Å². The van der Waals surface area contributed by atoms with Gasteiger partial charge in [-0.1, -0.05) is 42.3 Å². The normalized spacial score (nSPS) is 12.2. The summed E-state index contributed by atoms with van der Waals surface area (Å²) < 4.78 is 5.00. The molecule has 1 aromatic rings. The van der Waals surface area contributed by atoms with Crippen LogP contribution < -0.4 is 0 Å². The van der Waals surface area contributed by atoms with Crippen LogP contribution in [0.5, 0.6) is 0 Å². The van der Waals surface area contributed by atoms with E-state index in [1.807, 2.05) is 6.92 Å². The number of hydrogen-bond donors (Lipinski definition) is 0. The van der Waals surface area contributed by atoms with E-state index in [0.29, 0.717) is 11.4 Å². The van der Waals surface area contributed by atoms with E-state index in [2.05, 4.69) is 0 Å². The van der Waals surface area contributed by atoms with Crippen molar-refractivity contribution in [3.05, 3.63) is 34.9 Å². The maximum atomic E-state index is 11.2. The molecule has 2 nitrogen and oxygen atoms in total. The molecule has 0 aliphatic rings. The van der Waals surface area contributed by atoms with Crippen LogP contribution in [0.2, 0.25) is 5.02 Å². The number of carbonyl (C=O) groups is 1. The van der Waals surface area contributed by atoms with Gasteiger partial charge in [0, 0.05) is 17.0 Å². The van der Waals surface area contributed by atoms with Crippen LogP contribution in [-0.4, -0.2) is 5.97 Å². The molecule has 0 spiro atoms. The van der Waals surface area contributed by atoms with Gasteiger partial charge in [0.2, 0.25) is 5.56 Å². The monoisotopic (exact) mass is 246 g/mol. The summed E-state index contributed by atoms with van der Waals surface area (Å²) in [5, 5.41) is 0.627. The summed E-state index contributed by atoms with van der Waals surface area (Å²) >= 11 is 11.6. The highest BCUT2D eigenvalue weighted by atomic mass is 35.5. The van der Waals surface area contributed by atoms with Gasteiger partial charge in [0.05, 0.1) is 0 Å². The Balaban J connectivity index is 2.57. The molecule has 0 aliphatic carbocycles. The molecule has 0 saturated heterocycles. The lowest BCUT2D eigenvalue weighted by Crippen LogP contribution is -2.06. The number of alkyl halides is 1. The highest BCUT2D eigenvalue weighted by molar-refractivity contribution is 6.30. The molecule has 15 heavy (non-hydrogen) atoms. The third kappa shape index (κ3) is 4.10. The van der Waals surface area contributed by atoms with Crippen molar-refractivity contribution in [1.29, 1.82) is 0 Å². The average molecular weight is 247 g/mol. The number of halogens is 2. The van der Waals surface area contributed by atoms with Crippen molar-refractivity contribution in [2.24, 2.45) is 0 Å². The van der Waals surface area contributed by atoms with Crippen LogP contribution in [0.25, 0.3) is 0 Å². The minimum atomic E-state index is -0.735. The van der Waals surface area contributed by atoms with Crippen molar-refractivity contribution in [2.45, 2.75) is 25.3 Å². The molecule has 0 aliphatic heterocycles. The van der Waals surface area contributed by atoms with Crippen LogP contribution in [-0.2, 0) is 9.53 Å². The standard InChI is InChI=1S/C11H12Cl2O2/c1-2-3-10(14)15-11(13)8-4-6-9(12)7-5-8/h4-7,11H,2-3H2,1H3. The van der Waals surface area contributed by atoms with Gasteiger partial charge in [-0.05, 0) is 18.6 Å². The van der Waals surface area contributed by atoms with Gasteiger partial charge >= 0.3 is 5.97 Å². The van der Waals surface area contributed by atoms with E-state index in [1.54, 1.807) is 24.3 Å². The van der Waals surface area contributed by atoms with Crippen LogP contribution in [0.4, 0.5) is 0 Å². The van der Waals surface area contributed by atoms with E-state index in [1.165, 1.54) is 0 Å². The number of hydrogen-bond acceptors (Lipinski definition) is 2. The first-order valence-corrected chi connectivity index (χ1v) is 5.54. The maximum absolute atomic E-state index is 11.2. The van der Waals surface area contributed by atoms with Crippen molar-refractivity contribution < 1.29 is 9.53 Å². The summed E-state index contributed by atoms with van der Waals surface area (Å²) in [5.41, 5.74) is -0.00756. The van der Waals surface area contributed by atoms with Crippen LogP contribution in [0, 0.1) is 0 Å². The lowest BCUT2D eigenvalue weighted by Gasteiger charge is -2.11. The van der Waals surface area contributed by atoms with Gasteiger partial charge in [0.25, 0.3) is 0 Å². The highest BCUT2D eigenvalue weighted by Crippen LogP contribution is 2.23. The number of carbonyl (C=O) groups excluding carboxylic acids is 1. The maximum Gasteiger partial charge on any atom is 0.307 e. The molecule has 1 rings (SSSR count). The second-order valence-electron chi connectivity index (χ2n) is 3.11. The average Bonchev–Trinajstić information content (AvgIpc) is 2.18. The zero-order valence-corrected chi connectivity index (χ0v) is 9.89. The quantitative estimate of drug-likeness (QED) is 0.595. The van der Waals surface area contributed by atoms with E-state index in [4.69, 9.17) is 27.9 Å². The van der Waals surface area contributed by atoms with Gasteiger partial charge in [-0.15, -0.1) is 0 Å². The summed E-state index contributed by atoms with van der Waals surface area (Å²) in [4.78, 5) is 11.2. The number of benzene rings is 1. The molecule has 0 heterocycles. The predicted octanol–water partition coefficient (Wildman–Crippen LogP) is 3.92. The van der Waals surface area contributed by atoms with E-state index >= 15 is 0 Å². The molecular formula is C11H12Cl2O2. The Bertz CT molecular complexity index is 322. The van der Waals surface area contributed by atoms with E-state index in [9.17, 15) is 4.79 Å². The third-order valence-corrected chi connectivity index (χ3v) is 2.41. The summed E-state index contributed by atoms with van der Waals surface area (Å²) in [6.45, 7) is 1.91. The number of rotatable bonds is 4. The Morgan fingerprint density at radius 3 is 2.53 bits per heavy atom. The molecule has 0 radical (unpaired) electrons. The fourth-order valence-electron chi connectivity index (χ4n) is 1.06. The van der Waals surface area contributed by atoms with E-state index in [-0.39, 0.29) is 5.97 Å².